The molecule has 4 heterocycles. The van der Waals surface area contributed by atoms with E-state index in [0.29, 0.717) is 11.4 Å². The van der Waals surface area contributed by atoms with Crippen LogP contribution in [0.2, 0.25) is 0 Å². The van der Waals surface area contributed by atoms with E-state index in [0.717, 1.165) is 0 Å². The second-order valence-corrected chi connectivity index (χ2v) is 5.81. The third kappa shape index (κ3) is 1.46. The number of nitrogens with zero attached hydrogens (tertiary/aromatic N) is 1. The molecule has 2 aliphatic heterocycles. The average molecular weight is 340 g/mol. The van der Waals surface area contributed by atoms with Gasteiger partial charge in [-0.25, -0.2) is 9.18 Å². The zero-order valence-corrected chi connectivity index (χ0v) is 12.4. The molecule has 2 aliphatic rings. The average Bonchev–Trinajstić information content (AvgIpc) is 3.12. The summed E-state index contributed by atoms with van der Waals surface area (Å²) < 4.78 is 14.2. The number of para-hydroxylation sites is 1. The minimum absolute atomic E-state index is 0.00176. The van der Waals surface area contributed by atoms with Crippen LogP contribution in [-0.2, 0) is 10.2 Å². The second-order valence-electron chi connectivity index (χ2n) is 5.81. The van der Waals surface area contributed by atoms with Crippen molar-refractivity contribution in [1.82, 2.24) is 20.2 Å². The van der Waals surface area contributed by atoms with Crippen molar-refractivity contribution in [2.45, 2.75) is 5.41 Å². The van der Waals surface area contributed by atoms with Crippen LogP contribution in [0.5, 0.6) is 0 Å². The topological polar surface area (TPSA) is 136 Å². The van der Waals surface area contributed by atoms with E-state index in [2.05, 4.69) is 30.8 Å². The molecule has 0 fully saturated rings. The molecular weight excluding hydrogens is 331 g/mol. The fourth-order valence-electron chi connectivity index (χ4n) is 3.67. The predicted octanol–water partition coefficient (Wildman–Crippen LogP) is 0.269. The first-order valence-corrected chi connectivity index (χ1v) is 7.32. The number of hydrogen-bond acceptors (Lipinski definition) is 5. The lowest BCUT2D eigenvalue weighted by atomic mass is 9.70. The molecule has 0 radical (unpaired) electrons. The number of aromatic amines is 3. The van der Waals surface area contributed by atoms with E-state index in [4.69, 9.17) is 0 Å². The van der Waals surface area contributed by atoms with Gasteiger partial charge in [0.1, 0.15) is 22.9 Å². The molecule has 5 rings (SSSR count). The van der Waals surface area contributed by atoms with E-state index < -0.39 is 28.4 Å². The molecule has 9 nitrogen and oxygen atoms in total. The number of H-pyrrole nitrogens is 3. The van der Waals surface area contributed by atoms with Gasteiger partial charge in [-0.2, -0.15) is 5.10 Å². The van der Waals surface area contributed by atoms with Crippen LogP contribution in [0.25, 0.3) is 0 Å². The largest absolute Gasteiger partial charge is 0.327 e. The lowest BCUT2D eigenvalue weighted by Gasteiger charge is -2.32. The van der Waals surface area contributed by atoms with Gasteiger partial charge >= 0.3 is 5.69 Å². The zero-order valence-electron chi connectivity index (χ0n) is 12.4. The Morgan fingerprint density at radius 1 is 1.00 bits per heavy atom. The normalized spacial score (nSPS) is 19.8. The number of carbonyl (C=O) groups excluding carboxylic acids is 1. The summed E-state index contributed by atoms with van der Waals surface area (Å²) in [4.78, 5) is 41.9. The summed E-state index contributed by atoms with van der Waals surface area (Å²) >= 11 is 0. The number of benzene rings is 1. The summed E-state index contributed by atoms with van der Waals surface area (Å²) in [6.07, 6.45) is 1.40. The monoisotopic (exact) mass is 340 g/mol. The van der Waals surface area contributed by atoms with Gasteiger partial charge in [-0.3, -0.25) is 24.7 Å². The number of halogens is 1. The smallest absolute Gasteiger partial charge is 0.326 e. The molecule has 2 aromatic heterocycles. The highest BCUT2D eigenvalue weighted by atomic mass is 19.1. The summed E-state index contributed by atoms with van der Waals surface area (Å²) in [6.45, 7) is 0. The van der Waals surface area contributed by atoms with Gasteiger partial charge in [0, 0.05) is 11.1 Å². The summed E-state index contributed by atoms with van der Waals surface area (Å²) in [7, 11) is 0. The maximum absolute atomic E-state index is 14.2. The SMILES string of the molecule is O=C1Nc2c(F)cccc2C12c1cn[nH]c1Nc1[nH]c(=O)[nH]c(=O)c12. The number of aromatic nitrogens is 4. The van der Waals surface area contributed by atoms with Crippen LogP contribution in [0.4, 0.5) is 21.7 Å². The third-order valence-corrected chi connectivity index (χ3v) is 4.61. The lowest BCUT2D eigenvalue weighted by Crippen LogP contribution is -2.46. The van der Waals surface area contributed by atoms with Crippen molar-refractivity contribution in [3.63, 3.8) is 0 Å². The third-order valence-electron chi connectivity index (χ3n) is 4.61. The fraction of sp³-hybridized carbons (Fsp3) is 0.0667. The van der Waals surface area contributed by atoms with Gasteiger partial charge in [0.05, 0.1) is 17.4 Å². The Kier molecular flexibility index (Phi) is 2.32. The summed E-state index contributed by atoms with van der Waals surface area (Å²) in [5, 5.41) is 12.0. The number of rotatable bonds is 0. The highest BCUT2D eigenvalue weighted by Gasteiger charge is 2.57. The van der Waals surface area contributed by atoms with Crippen LogP contribution in [0.1, 0.15) is 16.7 Å². The van der Waals surface area contributed by atoms with Crippen molar-refractivity contribution >= 4 is 23.2 Å². The number of nitrogens with one attached hydrogen (secondary N) is 5. The van der Waals surface area contributed by atoms with Crippen molar-refractivity contribution in [2.75, 3.05) is 10.6 Å². The van der Waals surface area contributed by atoms with Crippen LogP contribution in [0.15, 0.2) is 34.0 Å². The Hall–Kier alpha value is -3.69. The van der Waals surface area contributed by atoms with E-state index in [1.54, 1.807) is 6.07 Å². The summed E-state index contributed by atoms with van der Waals surface area (Å²) in [6, 6.07) is 4.23. The molecule has 0 bridgehead atoms. The molecule has 5 N–H and O–H groups in total. The molecule has 0 saturated heterocycles. The molecule has 1 spiro atoms. The van der Waals surface area contributed by atoms with Crippen molar-refractivity contribution in [3.05, 3.63) is 67.7 Å². The molecule has 10 heteroatoms. The zero-order chi connectivity index (χ0) is 17.3. The van der Waals surface area contributed by atoms with E-state index in [9.17, 15) is 18.8 Å². The van der Waals surface area contributed by atoms with Gasteiger partial charge in [0.25, 0.3) is 5.56 Å². The summed E-state index contributed by atoms with van der Waals surface area (Å²) in [5.74, 6) is -0.831. The van der Waals surface area contributed by atoms with Gasteiger partial charge in [0.15, 0.2) is 0 Å². The van der Waals surface area contributed by atoms with Gasteiger partial charge in [0.2, 0.25) is 5.91 Å². The Balaban J connectivity index is 2.01. The van der Waals surface area contributed by atoms with Crippen molar-refractivity contribution in [3.8, 4) is 0 Å². The summed E-state index contributed by atoms with van der Waals surface area (Å²) in [5.41, 5.74) is -2.49. The quantitative estimate of drug-likeness (QED) is 0.400. The van der Waals surface area contributed by atoms with Crippen molar-refractivity contribution in [1.29, 1.82) is 0 Å². The number of hydrogen-bond donors (Lipinski definition) is 5. The second kappa shape index (κ2) is 4.23. The van der Waals surface area contributed by atoms with Gasteiger partial charge in [-0.05, 0) is 6.07 Å². The van der Waals surface area contributed by atoms with Crippen LogP contribution < -0.4 is 21.9 Å². The first-order valence-electron chi connectivity index (χ1n) is 7.32. The molecule has 0 aliphatic carbocycles. The number of anilines is 3. The molecule has 1 aromatic carbocycles. The van der Waals surface area contributed by atoms with Crippen LogP contribution in [0.3, 0.4) is 0 Å². The van der Waals surface area contributed by atoms with E-state index in [1.807, 2.05) is 0 Å². The first kappa shape index (κ1) is 13.7. The van der Waals surface area contributed by atoms with Crippen LogP contribution in [-0.4, -0.2) is 26.1 Å². The first-order chi connectivity index (χ1) is 12.0. The number of carbonyl (C=O) groups is 1. The molecular formula is C15H9FN6O3. The maximum atomic E-state index is 14.2. The van der Waals surface area contributed by atoms with Crippen molar-refractivity contribution in [2.24, 2.45) is 0 Å². The highest BCUT2D eigenvalue weighted by molar-refractivity contribution is 6.13. The molecule has 0 saturated carbocycles. The molecule has 1 amide bonds. The standard InChI is InChI=1S/C15H9FN6O3/c16-7-3-1-2-5-9(7)18-13(24)15(5)6-4-17-22-10(6)19-11-8(15)12(23)21-14(25)20-11/h1-4H,(H,18,24)(H4,17,19,20,21,22,23,25). The minimum atomic E-state index is -1.63. The Bertz CT molecular complexity index is 1190. The highest BCUT2D eigenvalue weighted by Crippen LogP contribution is 2.52. The maximum Gasteiger partial charge on any atom is 0.327 e. The molecule has 3 aromatic rings. The number of fused-ring (bicyclic) bond motifs is 6. The van der Waals surface area contributed by atoms with Crippen LogP contribution in [0, 0.1) is 5.82 Å². The fourth-order valence-corrected chi connectivity index (χ4v) is 3.67. The van der Waals surface area contributed by atoms with Gasteiger partial charge < -0.3 is 10.6 Å². The van der Waals surface area contributed by atoms with E-state index >= 15 is 0 Å². The Morgan fingerprint density at radius 3 is 2.68 bits per heavy atom. The van der Waals surface area contributed by atoms with Gasteiger partial charge in [-0.1, -0.05) is 12.1 Å². The molecule has 124 valence electrons. The lowest BCUT2D eigenvalue weighted by molar-refractivity contribution is -0.118. The minimum Gasteiger partial charge on any atom is -0.326 e. The van der Waals surface area contributed by atoms with E-state index in [-0.39, 0.29) is 22.6 Å². The predicted molar refractivity (Wildman–Crippen MR) is 84.5 cm³/mol. The molecule has 1 unspecified atom stereocenters. The molecule has 25 heavy (non-hydrogen) atoms. The van der Waals surface area contributed by atoms with Crippen molar-refractivity contribution < 1.29 is 9.18 Å². The van der Waals surface area contributed by atoms with Crippen LogP contribution >= 0.6 is 0 Å². The Labute approximate surface area is 137 Å². The molecule has 1 atom stereocenters. The number of amides is 1. The Morgan fingerprint density at radius 2 is 1.84 bits per heavy atom. The van der Waals surface area contributed by atoms with Gasteiger partial charge in [-0.15, -0.1) is 0 Å². The van der Waals surface area contributed by atoms with E-state index in [1.165, 1.54) is 18.3 Å².